The van der Waals surface area contributed by atoms with Crippen LogP contribution in [0.1, 0.15) is 32.3 Å². The molecular formula is C27H30N2O3S. The van der Waals surface area contributed by atoms with E-state index in [1.54, 1.807) is 17.8 Å². The lowest BCUT2D eigenvalue weighted by Gasteiger charge is -2.23. The lowest BCUT2D eigenvalue weighted by molar-refractivity contribution is -0.131. The number of hydrogen-bond acceptors (Lipinski definition) is 4. The number of carbonyl (C=O) groups is 2. The Balaban J connectivity index is 1.63. The van der Waals surface area contributed by atoms with Crippen LogP contribution in [0.4, 0.5) is 10.5 Å². The predicted molar refractivity (Wildman–Crippen MR) is 134 cm³/mol. The summed E-state index contributed by atoms with van der Waals surface area (Å²) in [5.41, 5.74) is 2.08. The second-order valence-electron chi connectivity index (χ2n) is 7.64. The maximum absolute atomic E-state index is 12.9. The van der Waals surface area contributed by atoms with Crippen LogP contribution < -0.4 is 15.0 Å². The molecule has 0 aromatic heterocycles. The first-order valence-electron chi connectivity index (χ1n) is 11.2. The number of nitrogens with zero attached hydrogens (tertiary/aromatic N) is 1. The van der Waals surface area contributed by atoms with Crippen molar-refractivity contribution >= 4 is 29.4 Å². The summed E-state index contributed by atoms with van der Waals surface area (Å²) in [6.07, 6.45) is 2.75. The Kier molecular flexibility index (Phi) is 9.39. The Morgan fingerprint density at radius 2 is 1.70 bits per heavy atom. The van der Waals surface area contributed by atoms with Crippen molar-refractivity contribution in [2.24, 2.45) is 0 Å². The van der Waals surface area contributed by atoms with E-state index in [4.69, 9.17) is 4.74 Å². The van der Waals surface area contributed by atoms with Crippen LogP contribution in [-0.4, -0.2) is 25.1 Å². The lowest BCUT2D eigenvalue weighted by Crippen LogP contribution is -2.41. The number of hydrogen-bond donors (Lipinski definition) is 1. The van der Waals surface area contributed by atoms with Gasteiger partial charge in [0.05, 0.1) is 0 Å². The number of nitrogens with one attached hydrogen (secondary N) is 1. The number of anilines is 1. The smallest absolute Gasteiger partial charge is 0.321 e. The van der Waals surface area contributed by atoms with Gasteiger partial charge in [-0.1, -0.05) is 61.5 Å². The number of esters is 1. The molecule has 1 N–H and O–H groups in total. The van der Waals surface area contributed by atoms with E-state index in [0.29, 0.717) is 18.8 Å². The summed E-state index contributed by atoms with van der Waals surface area (Å²) < 4.78 is 5.16. The van der Waals surface area contributed by atoms with Gasteiger partial charge in [-0.15, -0.1) is 0 Å². The molecule has 0 atom stereocenters. The summed E-state index contributed by atoms with van der Waals surface area (Å²) in [4.78, 5) is 27.9. The van der Waals surface area contributed by atoms with Gasteiger partial charge in [0.15, 0.2) is 0 Å². The van der Waals surface area contributed by atoms with E-state index in [9.17, 15) is 9.59 Å². The quantitative estimate of drug-likeness (QED) is 0.283. The molecule has 33 heavy (non-hydrogen) atoms. The monoisotopic (exact) mass is 462 g/mol. The van der Waals surface area contributed by atoms with E-state index in [1.807, 2.05) is 65.6 Å². The first-order valence-corrected chi connectivity index (χ1v) is 12.0. The first-order chi connectivity index (χ1) is 16.0. The minimum atomic E-state index is -0.337. The Bertz CT molecular complexity index is 1040. The molecule has 0 aliphatic rings. The highest BCUT2D eigenvalue weighted by Gasteiger charge is 2.15. The standard InChI is InChI=1S/C27H30N2O3S/c1-3-4-19-29(27(31)28-18-17-22-9-6-5-7-10-22)23-13-15-25(16-14-23)33-26-12-8-11-24(20-26)32-21(2)30/h5-16,20H,3-4,17-19H2,1-2H3,(H,28,31). The average molecular weight is 463 g/mol. The van der Waals surface area contributed by atoms with Gasteiger partial charge >= 0.3 is 12.0 Å². The number of unbranched alkanes of at least 4 members (excludes halogenated alkanes) is 1. The van der Waals surface area contributed by atoms with Crippen LogP contribution in [0.15, 0.2) is 88.7 Å². The molecular weight excluding hydrogens is 432 g/mol. The zero-order valence-electron chi connectivity index (χ0n) is 19.1. The van der Waals surface area contributed by atoms with Gasteiger partial charge in [0, 0.05) is 35.5 Å². The third-order valence-corrected chi connectivity index (χ3v) is 5.96. The maximum Gasteiger partial charge on any atom is 0.321 e. The molecule has 3 aromatic rings. The van der Waals surface area contributed by atoms with Gasteiger partial charge in [0.2, 0.25) is 0 Å². The van der Waals surface area contributed by atoms with Crippen LogP contribution in [0.3, 0.4) is 0 Å². The van der Waals surface area contributed by atoms with Crippen molar-refractivity contribution in [3.05, 3.63) is 84.4 Å². The molecule has 0 radical (unpaired) electrons. The fourth-order valence-electron chi connectivity index (χ4n) is 3.32. The lowest BCUT2D eigenvalue weighted by atomic mass is 10.1. The van der Waals surface area contributed by atoms with Gasteiger partial charge < -0.3 is 10.1 Å². The number of amides is 2. The molecule has 0 fully saturated rings. The Morgan fingerprint density at radius 3 is 2.39 bits per heavy atom. The second-order valence-corrected chi connectivity index (χ2v) is 8.78. The summed E-state index contributed by atoms with van der Waals surface area (Å²) in [5.74, 6) is 0.192. The van der Waals surface area contributed by atoms with E-state index in [2.05, 4.69) is 24.4 Å². The van der Waals surface area contributed by atoms with Crippen molar-refractivity contribution in [3.8, 4) is 5.75 Å². The molecule has 0 aliphatic carbocycles. The van der Waals surface area contributed by atoms with Crippen molar-refractivity contribution in [1.82, 2.24) is 5.32 Å². The average Bonchev–Trinajstić information content (AvgIpc) is 2.81. The topological polar surface area (TPSA) is 58.6 Å². The zero-order chi connectivity index (χ0) is 23.5. The molecule has 5 nitrogen and oxygen atoms in total. The van der Waals surface area contributed by atoms with Gasteiger partial charge in [-0.3, -0.25) is 9.69 Å². The van der Waals surface area contributed by atoms with Gasteiger partial charge in [-0.2, -0.15) is 0 Å². The number of carbonyl (C=O) groups excluding carboxylic acids is 2. The maximum atomic E-state index is 12.9. The van der Waals surface area contributed by atoms with Crippen LogP contribution in [-0.2, 0) is 11.2 Å². The van der Waals surface area contributed by atoms with Gasteiger partial charge in [-0.25, -0.2) is 4.79 Å². The van der Waals surface area contributed by atoms with Crippen molar-refractivity contribution in [2.75, 3.05) is 18.0 Å². The van der Waals surface area contributed by atoms with E-state index < -0.39 is 0 Å². The van der Waals surface area contributed by atoms with Crippen molar-refractivity contribution in [2.45, 2.75) is 42.9 Å². The van der Waals surface area contributed by atoms with Crippen molar-refractivity contribution < 1.29 is 14.3 Å². The highest BCUT2D eigenvalue weighted by atomic mass is 32.2. The predicted octanol–water partition coefficient (Wildman–Crippen LogP) is 6.32. The van der Waals surface area contributed by atoms with Gasteiger partial charge in [0.1, 0.15) is 5.75 Å². The normalized spacial score (nSPS) is 10.5. The Hall–Kier alpha value is -3.25. The molecule has 0 unspecified atom stereocenters. The van der Waals surface area contributed by atoms with Crippen molar-refractivity contribution in [1.29, 1.82) is 0 Å². The summed E-state index contributed by atoms with van der Waals surface area (Å²) in [6, 6.07) is 25.5. The third kappa shape index (κ3) is 7.99. The fourth-order valence-corrected chi connectivity index (χ4v) is 4.18. The molecule has 0 heterocycles. The summed E-state index contributed by atoms with van der Waals surface area (Å²) in [7, 11) is 0. The molecule has 6 heteroatoms. The summed E-state index contributed by atoms with van der Waals surface area (Å²) >= 11 is 1.58. The summed E-state index contributed by atoms with van der Waals surface area (Å²) in [5, 5.41) is 3.06. The number of urea groups is 1. The van der Waals surface area contributed by atoms with Crippen molar-refractivity contribution in [3.63, 3.8) is 0 Å². The SMILES string of the molecule is CCCCN(C(=O)NCCc1ccccc1)c1ccc(Sc2cccc(OC(C)=O)c2)cc1. The van der Waals surface area contributed by atoms with Crippen LogP contribution in [0, 0.1) is 0 Å². The van der Waals surface area contributed by atoms with E-state index in [0.717, 1.165) is 34.7 Å². The molecule has 0 saturated carbocycles. The Morgan fingerprint density at radius 1 is 0.939 bits per heavy atom. The fraction of sp³-hybridized carbons (Fsp3) is 0.259. The largest absolute Gasteiger partial charge is 0.427 e. The van der Waals surface area contributed by atoms with E-state index in [1.165, 1.54) is 12.5 Å². The summed E-state index contributed by atoms with van der Waals surface area (Å²) in [6.45, 7) is 4.78. The highest BCUT2D eigenvalue weighted by Crippen LogP contribution is 2.31. The molecule has 3 aromatic carbocycles. The number of ether oxygens (including phenoxy) is 1. The van der Waals surface area contributed by atoms with Crippen LogP contribution in [0.2, 0.25) is 0 Å². The zero-order valence-corrected chi connectivity index (χ0v) is 19.9. The Labute approximate surface area is 200 Å². The second kappa shape index (κ2) is 12.7. The number of rotatable bonds is 10. The van der Waals surface area contributed by atoms with Gasteiger partial charge in [0.25, 0.3) is 0 Å². The molecule has 0 saturated heterocycles. The molecule has 0 aliphatic heterocycles. The van der Waals surface area contributed by atoms with E-state index >= 15 is 0 Å². The van der Waals surface area contributed by atoms with Crippen LogP contribution in [0.5, 0.6) is 5.75 Å². The highest BCUT2D eigenvalue weighted by molar-refractivity contribution is 7.99. The molecule has 2 amide bonds. The molecule has 3 rings (SSSR count). The van der Waals surface area contributed by atoms with Crippen LogP contribution >= 0.6 is 11.8 Å². The third-order valence-electron chi connectivity index (χ3n) is 4.96. The minimum absolute atomic E-state index is 0.0751. The molecule has 0 bridgehead atoms. The minimum Gasteiger partial charge on any atom is -0.427 e. The van der Waals surface area contributed by atoms with Gasteiger partial charge in [-0.05, 0) is 60.9 Å². The molecule has 0 spiro atoms. The molecule has 172 valence electrons. The first kappa shape index (κ1) is 24.4. The van der Waals surface area contributed by atoms with Crippen LogP contribution in [0.25, 0.3) is 0 Å². The van der Waals surface area contributed by atoms with E-state index in [-0.39, 0.29) is 12.0 Å². The number of benzene rings is 3.